The van der Waals surface area contributed by atoms with E-state index in [1.807, 2.05) is 6.92 Å². The van der Waals surface area contributed by atoms with Crippen molar-refractivity contribution in [3.8, 4) is 0 Å². The quantitative estimate of drug-likeness (QED) is 0.279. The van der Waals surface area contributed by atoms with Gasteiger partial charge in [0, 0.05) is 35.9 Å². The second-order valence-corrected chi connectivity index (χ2v) is 11.6. The zero-order valence-corrected chi connectivity index (χ0v) is 24.8. The zero-order valence-electron chi connectivity index (χ0n) is 23.3. The van der Waals surface area contributed by atoms with Gasteiger partial charge in [-0.15, -0.1) is 0 Å². The first-order valence-electron chi connectivity index (χ1n) is 13.8. The summed E-state index contributed by atoms with van der Waals surface area (Å²) in [5.74, 6) is -2.74. The summed E-state index contributed by atoms with van der Waals surface area (Å²) in [4.78, 5) is 28.0. The van der Waals surface area contributed by atoms with Crippen LogP contribution in [0.2, 0.25) is 10.0 Å². The van der Waals surface area contributed by atoms with Crippen molar-refractivity contribution in [1.29, 1.82) is 0 Å². The van der Waals surface area contributed by atoms with E-state index in [-0.39, 0.29) is 22.6 Å². The van der Waals surface area contributed by atoms with Crippen molar-refractivity contribution in [3.63, 3.8) is 0 Å². The van der Waals surface area contributed by atoms with E-state index in [2.05, 4.69) is 0 Å². The summed E-state index contributed by atoms with van der Waals surface area (Å²) in [6.45, 7) is 2.79. The number of carboxylic acids is 1. The van der Waals surface area contributed by atoms with Crippen molar-refractivity contribution < 1.29 is 33.7 Å². The lowest BCUT2D eigenvalue weighted by molar-refractivity contribution is -0.142. The molecule has 0 aliphatic carbocycles. The lowest BCUT2D eigenvalue weighted by Gasteiger charge is -2.42. The highest BCUT2D eigenvalue weighted by molar-refractivity contribution is 6.30. The molecule has 1 saturated heterocycles. The van der Waals surface area contributed by atoms with Gasteiger partial charge < -0.3 is 19.7 Å². The largest absolute Gasteiger partial charge is 0.481 e. The average Bonchev–Trinajstić information content (AvgIpc) is 3.25. The summed E-state index contributed by atoms with van der Waals surface area (Å²) in [6.07, 6.45) is 0.989. The van der Waals surface area contributed by atoms with E-state index in [0.717, 1.165) is 0 Å². The molecular weight excluding hydrogens is 584 g/mol. The van der Waals surface area contributed by atoms with Crippen LogP contribution in [0.25, 0.3) is 0 Å². The maximum atomic E-state index is 16.6. The highest BCUT2D eigenvalue weighted by Gasteiger charge is 2.57. The molecule has 0 radical (unpaired) electrons. The van der Waals surface area contributed by atoms with Crippen LogP contribution in [0.15, 0.2) is 60.7 Å². The number of methoxy groups -OCH3 is 1. The number of carbonyl (C=O) groups is 2. The van der Waals surface area contributed by atoms with Gasteiger partial charge in [0.15, 0.2) is 5.72 Å². The fraction of sp³-hybridized carbons (Fsp3) is 0.375. The SMILES string of the molecule is CCC(O)(c1cc(F)c2c(c1)C(=O)N([C@@H](CC(=O)O)c1ccc(Cl)cc1)[C@@]2(OC)c1ccc(Cl)cc1)C1CCOCC1. The third-order valence-electron chi connectivity index (χ3n) is 8.62. The van der Waals surface area contributed by atoms with Gasteiger partial charge in [-0.05, 0) is 72.7 Å². The average molecular weight is 617 g/mol. The van der Waals surface area contributed by atoms with E-state index < -0.39 is 41.5 Å². The number of hydrogen-bond acceptors (Lipinski definition) is 5. The van der Waals surface area contributed by atoms with E-state index in [1.54, 1.807) is 48.5 Å². The summed E-state index contributed by atoms with van der Waals surface area (Å²) in [7, 11) is 1.35. The molecule has 1 fully saturated rings. The topological polar surface area (TPSA) is 96.3 Å². The molecule has 1 amide bonds. The van der Waals surface area contributed by atoms with Gasteiger partial charge >= 0.3 is 5.97 Å². The molecule has 2 aliphatic heterocycles. The molecule has 0 aromatic heterocycles. The highest BCUT2D eigenvalue weighted by atomic mass is 35.5. The number of ether oxygens (including phenoxy) is 2. The Bertz CT molecular complexity index is 1480. The summed E-state index contributed by atoms with van der Waals surface area (Å²) in [5.41, 5.74) is -2.17. The van der Waals surface area contributed by atoms with Gasteiger partial charge in [-0.2, -0.15) is 0 Å². The minimum absolute atomic E-state index is 0.00918. The first-order valence-corrected chi connectivity index (χ1v) is 14.6. The molecule has 222 valence electrons. The number of halogens is 3. The van der Waals surface area contributed by atoms with Crippen molar-refractivity contribution in [3.05, 3.63) is 104 Å². The first kappa shape index (κ1) is 30.4. The Morgan fingerprint density at radius 2 is 1.71 bits per heavy atom. The van der Waals surface area contributed by atoms with Crippen molar-refractivity contribution in [2.75, 3.05) is 20.3 Å². The van der Waals surface area contributed by atoms with Crippen LogP contribution in [0.1, 0.15) is 71.3 Å². The molecule has 3 aromatic rings. The number of carbonyl (C=O) groups excluding carboxylic acids is 1. The fourth-order valence-electron chi connectivity index (χ4n) is 6.51. The molecule has 2 aliphatic rings. The molecule has 3 aromatic carbocycles. The van der Waals surface area contributed by atoms with Crippen LogP contribution < -0.4 is 0 Å². The smallest absolute Gasteiger partial charge is 0.305 e. The molecule has 2 N–H and O–H groups in total. The van der Waals surface area contributed by atoms with Gasteiger partial charge in [0.25, 0.3) is 5.91 Å². The monoisotopic (exact) mass is 615 g/mol. The van der Waals surface area contributed by atoms with Gasteiger partial charge in [-0.1, -0.05) is 54.4 Å². The number of hydrogen-bond donors (Lipinski definition) is 2. The Balaban J connectivity index is 1.77. The van der Waals surface area contributed by atoms with Crippen LogP contribution in [0.3, 0.4) is 0 Å². The number of aliphatic hydroxyl groups is 1. The van der Waals surface area contributed by atoms with Crippen molar-refractivity contribution >= 4 is 35.1 Å². The van der Waals surface area contributed by atoms with Gasteiger partial charge in [0.05, 0.1) is 29.2 Å². The molecule has 1 unspecified atom stereocenters. The lowest BCUT2D eigenvalue weighted by atomic mass is 9.74. The summed E-state index contributed by atoms with van der Waals surface area (Å²) in [6, 6.07) is 14.6. The molecule has 2 heterocycles. The van der Waals surface area contributed by atoms with E-state index in [1.165, 1.54) is 24.1 Å². The molecule has 10 heteroatoms. The number of amides is 1. The Labute approximate surface area is 253 Å². The van der Waals surface area contributed by atoms with E-state index in [0.29, 0.717) is 53.6 Å². The molecule has 0 bridgehead atoms. The minimum atomic E-state index is -1.84. The van der Waals surface area contributed by atoms with Crippen LogP contribution in [0, 0.1) is 11.7 Å². The Morgan fingerprint density at radius 3 is 2.26 bits per heavy atom. The zero-order chi connectivity index (χ0) is 30.2. The second-order valence-electron chi connectivity index (χ2n) is 10.7. The molecule has 3 atom stereocenters. The summed E-state index contributed by atoms with van der Waals surface area (Å²) < 4.78 is 28.2. The van der Waals surface area contributed by atoms with Gasteiger partial charge in [-0.25, -0.2) is 4.39 Å². The molecule has 0 saturated carbocycles. The van der Waals surface area contributed by atoms with Crippen molar-refractivity contribution in [2.24, 2.45) is 5.92 Å². The number of carboxylic acid groups (broad SMARTS) is 1. The van der Waals surface area contributed by atoms with E-state index in [9.17, 15) is 19.8 Å². The maximum absolute atomic E-state index is 16.6. The van der Waals surface area contributed by atoms with Gasteiger partial charge in [0.1, 0.15) is 5.82 Å². The molecule has 7 nitrogen and oxygen atoms in total. The maximum Gasteiger partial charge on any atom is 0.305 e. The predicted molar refractivity (Wildman–Crippen MR) is 156 cm³/mol. The summed E-state index contributed by atoms with van der Waals surface area (Å²) >= 11 is 12.3. The van der Waals surface area contributed by atoms with Crippen LogP contribution in [0.4, 0.5) is 4.39 Å². The lowest BCUT2D eigenvalue weighted by Crippen LogP contribution is -2.49. The van der Waals surface area contributed by atoms with Gasteiger partial charge in [-0.3, -0.25) is 14.5 Å². The van der Waals surface area contributed by atoms with Crippen LogP contribution in [0.5, 0.6) is 0 Å². The summed E-state index contributed by atoms with van der Waals surface area (Å²) in [5, 5.41) is 22.7. The fourth-order valence-corrected chi connectivity index (χ4v) is 6.77. The molecule has 5 rings (SSSR count). The standard InChI is InChI=1S/C32H32Cl2FNO6/c1-3-31(40,20-12-14-42-15-13-20)22-16-25-29(26(35)17-22)32(41-2,21-6-10-24(34)11-7-21)36(30(25)39)27(18-28(37)38)19-4-8-23(33)9-5-19/h4-11,16-17,20,27,40H,3,12-15,18H2,1-2H3,(H,37,38)/t27-,31?,32+/m0/s1. The highest BCUT2D eigenvalue weighted by Crippen LogP contribution is 2.52. The predicted octanol–water partition coefficient (Wildman–Crippen LogP) is 6.68. The van der Waals surface area contributed by atoms with Gasteiger partial charge in [0.2, 0.25) is 0 Å². The minimum Gasteiger partial charge on any atom is -0.481 e. The third kappa shape index (κ3) is 5.09. The second kappa shape index (κ2) is 11.9. The number of aliphatic carboxylic acids is 1. The van der Waals surface area contributed by atoms with E-state index >= 15 is 4.39 Å². The van der Waals surface area contributed by atoms with Crippen LogP contribution in [-0.2, 0) is 25.6 Å². The Kier molecular flexibility index (Phi) is 8.65. The van der Waals surface area contributed by atoms with Crippen LogP contribution in [-0.4, -0.2) is 47.3 Å². The number of nitrogens with zero attached hydrogens (tertiary/aromatic N) is 1. The molecular formula is C32H32Cl2FNO6. The van der Waals surface area contributed by atoms with Crippen molar-refractivity contribution in [1.82, 2.24) is 4.90 Å². The Morgan fingerprint density at radius 1 is 1.12 bits per heavy atom. The Hall–Kier alpha value is -3.01. The number of benzene rings is 3. The molecule has 0 spiro atoms. The van der Waals surface area contributed by atoms with Crippen molar-refractivity contribution in [2.45, 2.75) is 50.0 Å². The van der Waals surface area contributed by atoms with E-state index in [4.69, 9.17) is 32.7 Å². The molecule has 42 heavy (non-hydrogen) atoms. The first-order chi connectivity index (χ1) is 20.1. The third-order valence-corrected chi connectivity index (χ3v) is 9.12. The number of fused-ring (bicyclic) bond motifs is 1. The number of rotatable bonds is 9. The van der Waals surface area contributed by atoms with Crippen LogP contribution >= 0.6 is 23.2 Å². The normalized spacial score (nSPS) is 21.2.